The van der Waals surface area contributed by atoms with Gasteiger partial charge in [-0.3, -0.25) is 0 Å². The number of amides is 2. The molecule has 0 aromatic rings. The summed E-state index contributed by atoms with van der Waals surface area (Å²) in [5.74, 6) is -0.153. The number of urea groups is 1. The maximum Gasteiger partial charge on any atom is 0.326 e. The van der Waals surface area contributed by atoms with Gasteiger partial charge in [0.2, 0.25) is 0 Å². The molecule has 2 amide bonds. The van der Waals surface area contributed by atoms with E-state index in [0.29, 0.717) is 5.92 Å². The molecule has 1 saturated carbocycles. The van der Waals surface area contributed by atoms with Gasteiger partial charge in [-0.25, -0.2) is 9.59 Å². The van der Waals surface area contributed by atoms with E-state index in [2.05, 4.69) is 26.1 Å². The van der Waals surface area contributed by atoms with E-state index >= 15 is 0 Å². The first-order valence-corrected chi connectivity index (χ1v) is 7.57. The Kier molecular flexibility index (Phi) is 4.25. The van der Waals surface area contributed by atoms with Gasteiger partial charge in [0.25, 0.3) is 0 Å². The van der Waals surface area contributed by atoms with Gasteiger partial charge >= 0.3 is 12.0 Å². The topological polar surface area (TPSA) is 69.6 Å². The number of hydrogen-bond acceptors (Lipinski definition) is 2. The number of nitrogens with one attached hydrogen (secondary N) is 1. The first-order valence-electron chi connectivity index (χ1n) is 7.57. The largest absolute Gasteiger partial charge is 0.480 e. The number of piperidine rings is 1. The molecule has 5 heteroatoms. The van der Waals surface area contributed by atoms with Gasteiger partial charge in [-0.05, 0) is 42.9 Å². The second-order valence-electron chi connectivity index (χ2n) is 7.23. The maximum atomic E-state index is 12.2. The summed E-state index contributed by atoms with van der Waals surface area (Å²) in [4.78, 5) is 25.1. The molecule has 1 aliphatic heterocycles. The van der Waals surface area contributed by atoms with Crippen molar-refractivity contribution < 1.29 is 14.7 Å². The highest BCUT2D eigenvalue weighted by Crippen LogP contribution is 2.35. The van der Waals surface area contributed by atoms with Crippen LogP contribution in [0.3, 0.4) is 0 Å². The Labute approximate surface area is 120 Å². The third-order valence-corrected chi connectivity index (χ3v) is 4.65. The zero-order valence-electron chi connectivity index (χ0n) is 12.7. The van der Waals surface area contributed by atoms with Crippen LogP contribution in [0.1, 0.15) is 46.5 Å². The van der Waals surface area contributed by atoms with Crippen LogP contribution in [-0.4, -0.2) is 41.1 Å². The van der Waals surface area contributed by atoms with Crippen molar-refractivity contribution in [2.75, 3.05) is 13.1 Å². The number of carboxylic acid groups (broad SMARTS) is 1. The van der Waals surface area contributed by atoms with E-state index < -0.39 is 12.0 Å². The molecule has 5 nitrogen and oxygen atoms in total. The summed E-state index contributed by atoms with van der Waals surface area (Å²) in [6.07, 6.45) is 3.81. The lowest BCUT2D eigenvalue weighted by molar-refractivity contribution is -0.139. The zero-order valence-corrected chi connectivity index (χ0v) is 12.7. The van der Waals surface area contributed by atoms with Gasteiger partial charge in [-0.15, -0.1) is 0 Å². The Morgan fingerprint density at radius 3 is 2.10 bits per heavy atom. The first kappa shape index (κ1) is 15.1. The summed E-state index contributed by atoms with van der Waals surface area (Å²) in [7, 11) is 0. The summed E-state index contributed by atoms with van der Waals surface area (Å²) < 4.78 is 0. The van der Waals surface area contributed by atoms with Crippen molar-refractivity contribution in [3.8, 4) is 0 Å². The fourth-order valence-corrected chi connectivity index (χ4v) is 2.98. The number of carboxylic acids is 1. The zero-order chi connectivity index (χ0) is 14.9. The lowest BCUT2D eigenvalue weighted by atomic mass is 9.75. The Bertz CT molecular complexity index is 377. The monoisotopic (exact) mass is 282 g/mol. The van der Waals surface area contributed by atoms with E-state index in [9.17, 15) is 9.59 Å². The molecule has 0 aromatic heterocycles. The number of hydrogen-bond donors (Lipinski definition) is 2. The molecule has 1 heterocycles. The van der Waals surface area contributed by atoms with Crippen LogP contribution in [0, 0.1) is 17.3 Å². The van der Waals surface area contributed by atoms with E-state index in [1.54, 1.807) is 4.90 Å². The van der Waals surface area contributed by atoms with Gasteiger partial charge in [0, 0.05) is 13.1 Å². The number of carbonyl (C=O) groups is 2. The fraction of sp³-hybridized carbons (Fsp3) is 0.867. The molecule has 2 rings (SSSR count). The van der Waals surface area contributed by atoms with E-state index in [0.717, 1.165) is 38.8 Å². The van der Waals surface area contributed by atoms with Crippen molar-refractivity contribution in [1.29, 1.82) is 0 Å². The second kappa shape index (κ2) is 5.62. The average Bonchev–Trinajstić information content (AvgIpc) is 3.18. The standard InChI is InChI=1S/C15H26N2O3/c1-15(2,3)11-6-8-17(9-7-11)14(20)16-12(13(18)19)10-4-5-10/h10-12H,4-9H2,1-3H3,(H,16,20)(H,18,19). The Morgan fingerprint density at radius 2 is 1.70 bits per heavy atom. The maximum absolute atomic E-state index is 12.2. The van der Waals surface area contributed by atoms with Gasteiger partial charge < -0.3 is 15.3 Å². The van der Waals surface area contributed by atoms with Crippen molar-refractivity contribution >= 4 is 12.0 Å². The number of nitrogens with zero attached hydrogens (tertiary/aromatic N) is 1. The van der Waals surface area contributed by atoms with E-state index in [4.69, 9.17) is 5.11 Å². The Balaban J connectivity index is 1.84. The predicted octanol–water partition coefficient (Wildman–Crippen LogP) is 2.32. The minimum absolute atomic E-state index is 0.128. The molecule has 114 valence electrons. The van der Waals surface area contributed by atoms with Crippen LogP contribution in [-0.2, 0) is 4.79 Å². The summed E-state index contributed by atoms with van der Waals surface area (Å²) in [5.41, 5.74) is 0.278. The Hall–Kier alpha value is -1.26. The van der Waals surface area contributed by atoms with E-state index in [1.807, 2.05) is 0 Å². The lowest BCUT2D eigenvalue weighted by Crippen LogP contribution is -2.51. The van der Waals surface area contributed by atoms with Crippen molar-refractivity contribution in [3.05, 3.63) is 0 Å². The Morgan fingerprint density at radius 1 is 1.15 bits per heavy atom. The van der Waals surface area contributed by atoms with Crippen molar-refractivity contribution in [2.24, 2.45) is 17.3 Å². The summed E-state index contributed by atoms with van der Waals surface area (Å²) in [5, 5.41) is 11.8. The summed E-state index contributed by atoms with van der Waals surface area (Å²) >= 11 is 0. The predicted molar refractivity (Wildman–Crippen MR) is 76.4 cm³/mol. The molecule has 0 radical (unpaired) electrons. The molecule has 20 heavy (non-hydrogen) atoms. The molecule has 2 N–H and O–H groups in total. The lowest BCUT2D eigenvalue weighted by Gasteiger charge is -2.39. The molecule has 1 atom stereocenters. The number of likely N-dealkylation sites (tertiary alicyclic amines) is 1. The van der Waals surface area contributed by atoms with Crippen molar-refractivity contribution in [3.63, 3.8) is 0 Å². The van der Waals surface area contributed by atoms with Gasteiger partial charge in [0.05, 0.1) is 0 Å². The SMILES string of the molecule is CC(C)(C)C1CCN(C(=O)NC(C(=O)O)C2CC2)CC1. The quantitative estimate of drug-likeness (QED) is 0.834. The van der Waals surface area contributed by atoms with Crippen LogP contribution in [0.4, 0.5) is 4.79 Å². The second-order valence-corrected chi connectivity index (χ2v) is 7.23. The molecule has 1 aliphatic carbocycles. The minimum atomic E-state index is -0.912. The third-order valence-electron chi connectivity index (χ3n) is 4.65. The third kappa shape index (κ3) is 3.64. The summed E-state index contributed by atoms with van der Waals surface area (Å²) in [6.45, 7) is 8.17. The fourth-order valence-electron chi connectivity index (χ4n) is 2.98. The van der Waals surface area contributed by atoms with E-state index in [1.165, 1.54) is 0 Å². The van der Waals surface area contributed by atoms with Crippen LogP contribution in [0.2, 0.25) is 0 Å². The van der Waals surface area contributed by atoms with Crippen LogP contribution in [0.25, 0.3) is 0 Å². The molecule has 0 bridgehead atoms. The summed E-state index contributed by atoms with van der Waals surface area (Å²) in [6, 6.07) is -0.917. The highest BCUT2D eigenvalue weighted by molar-refractivity contribution is 5.83. The highest BCUT2D eigenvalue weighted by Gasteiger charge is 2.38. The molecular formula is C15H26N2O3. The van der Waals surface area contributed by atoms with Crippen molar-refractivity contribution in [1.82, 2.24) is 10.2 Å². The molecule has 1 unspecified atom stereocenters. The number of rotatable bonds is 3. The van der Waals surface area contributed by atoms with Crippen molar-refractivity contribution in [2.45, 2.75) is 52.5 Å². The average molecular weight is 282 g/mol. The molecule has 1 saturated heterocycles. The minimum Gasteiger partial charge on any atom is -0.480 e. The van der Waals surface area contributed by atoms with Gasteiger partial charge in [0.15, 0.2) is 0 Å². The smallest absolute Gasteiger partial charge is 0.326 e. The van der Waals surface area contributed by atoms with Gasteiger partial charge in [-0.2, -0.15) is 0 Å². The molecule has 0 spiro atoms. The van der Waals surface area contributed by atoms with Crippen LogP contribution in [0.15, 0.2) is 0 Å². The highest BCUT2D eigenvalue weighted by atomic mass is 16.4. The number of carbonyl (C=O) groups excluding carboxylic acids is 1. The van der Waals surface area contributed by atoms with E-state index in [-0.39, 0.29) is 17.4 Å². The molecular weight excluding hydrogens is 256 g/mol. The van der Waals surface area contributed by atoms with Gasteiger partial charge in [-0.1, -0.05) is 20.8 Å². The molecule has 2 aliphatic rings. The van der Waals surface area contributed by atoms with Crippen LogP contribution >= 0.6 is 0 Å². The molecule has 2 fully saturated rings. The molecule has 0 aromatic carbocycles. The van der Waals surface area contributed by atoms with Gasteiger partial charge in [0.1, 0.15) is 6.04 Å². The number of aliphatic carboxylic acids is 1. The van der Waals surface area contributed by atoms with Crippen LogP contribution in [0.5, 0.6) is 0 Å². The first-order chi connectivity index (χ1) is 9.29. The van der Waals surface area contributed by atoms with Crippen LogP contribution < -0.4 is 5.32 Å². The normalized spacial score (nSPS) is 22.4.